The van der Waals surface area contributed by atoms with Gasteiger partial charge in [-0.3, -0.25) is 37.3 Å². The summed E-state index contributed by atoms with van der Waals surface area (Å²) in [7, 11) is -9.91. The topological polar surface area (TPSA) is 237 Å². The van der Waals surface area contributed by atoms with E-state index < -0.39 is 97.5 Å². The maximum absolute atomic E-state index is 13.1. The Kier molecular flexibility index (Phi) is 68.1. The van der Waals surface area contributed by atoms with Crippen LogP contribution in [0.25, 0.3) is 0 Å². The van der Waals surface area contributed by atoms with E-state index >= 15 is 0 Å². The number of hydrogen-bond acceptors (Lipinski definition) is 15. The Bertz CT molecular complexity index is 1910. The Balaban J connectivity index is 5.22. The standard InChI is InChI=1S/C79H154O17P2/c1-8-10-11-12-13-29-39-46-53-60-76(81)89-66-75(96-79(84)63-56-49-42-35-34-38-45-52-59-72(7)9-2)69-94-98(87,88)92-65-73(80)64-91-97(85,86)93-68-74(67-90-77(82)61-54-47-40-32-27-23-20-16-18-22-26-31-37-44-51-58-71(5)6)95-78(83)62-55-48-41-33-28-24-19-15-14-17-21-25-30-36-43-50-57-70(3)4/h70-75,80H,8-69H2,1-7H3,(H,85,86)(H,87,88)/t72?,73-,74-,75-/m1/s1. The molecule has 0 aromatic heterocycles. The molecule has 0 aliphatic heterocycles. The van der Waals surface area contributed by atoms with Crippen molar-refractivity contribution in [2.75, 3.05) is 39.6 Å². The summed E-state index contributed by atoms with van der Waals surface area (Å²) in [6, 6.07) is 0. The first-order chi connectivity index (χ1) is 47.3. The molecular weight excluding hydrogens is 1280 g/mol. The van der Waals surface area contributed by atoms with Gasteiger partial charge in [0.05, 0.1) is 26.4 Å². The van der Waals surface area contributed by atoms with Gasteiger partial charge in [-0.15, -0.1) is 0 Å². The van der Waals surface area contributed by atoms with Crippen LogP contribution in [0, 0.1) is 17.8 Å². The predicted molar refractivity (Wildman–Crippen MR) is 400 cm³/mol. The second-order valence-electron chi connectivity index (χ2n) is 29.6. The summed E-state index contributed by atoms with van der Waals surface area (Å²) in [5.41, 5.74) is 0. The van der Waals surface area contributed by atoms with Crippen LogP contribution < -0.4 is 0 Å². The van der Waals surface area contributed by atoms with Gasteiger partial charge in [-0.05, 0) is 43.4 Å². The van der Waals surface area contributed by atoms with Crippen molar-refractivity contribution >= 4 is 39.5 Å². The Hall–Kier alpha value is -1.94. The number of phosphoric ester groups is 2. The zero-order valence-corrected chi connectivity index (χ0v) is 66.0. The van der Waals surface area contributed by atoms with Gasteiger partial charge in [-0.25, -0.2) is 9.13 Å². The fourth-order valence-corrected chi connectivity index (χ4v) is 13.7. The molecule has 0 saturated carbocycles. The maximum Gasteiger partial charge on any atom is 0.472 e. The van der Waals surface area contributed by atoms with Gasteiger partial charge < -0.3 is 33.8 Å². The highest BCUT2D eigenvalue weighted by atomic mass is 31.2. The van der Waals surface area contributed by atoms with Crippen molar-refractivity contribution in [1.82, 2.24) is 0 Å². The molecule has 0 aromatic rings. The molecular formula is C79H154O17P2. The van der Waals surface area contributed by atoms with Crippen molar-refractivity contribution in [3.8, 4) is 0 Å². The second kappa shape index (κ2) is 69.4. The van der Waals surface area contributed by atoms with Crippen molar-refractivity contribution in [1.29, 1.82) is 0 Å². The van der Waals surface area contributed by atoms with E-state index in [2.05, 4.69) is 48.5 Å². The average Bonchev–Trinajstić information content (AvgIpc) is 1.06. The second-order valence-corrected chi connectivity index (χ2v) is 32.6. The predicted octanol–water partition coefficient (Wildman–Crippen LogP) is 23.4. The molecule has 98 heavy (non-hydrogen) atoms. The van der Waals surface area contributed by atoms with Gasteiger partial charge in [0, 0.05) is 25.7 Å². The van der Waals surface area contributed by atoms with Gasteiger partial charge in [-0.1, -0.05) is 357 Å². The van der Waals surface area contributed by atoms with Gasteiger partial charge in [-0.2, -0.15) is 0 Å². The Morgan fingerprint density at radius 3 is 0.776 bits per heavy atom. The number of aliphatic hydroxyl groups is 1. The molecule has 582 valence electrons. The minimum absolute atomic E-state index is 0.105. The number of hydrogen-bond donors (Lipinski definition) is 3. The third-order valence-electron chi connectivity index (χ3n) is 18.7. The highest BCUT2D eigenvalue weighted by molar-refractivity contribution is 7.47. The van der Waals surface area contributed by atoms with E-state index in [0.29, 0.717) is 25.7 Å². The average molecular weight is 1440 g/mol. The number of rotatable bonds is 77. The van der Waals surface area contributed by atoms with E-state index in [9.17, 15) is 43.2 Å². The first-order valence-electron chi connectivity index (χ1n) is 40.9. The van der Waals surface area contributed by atoms with Crippen LogP contribution in [0.2, 0.25) is 0 Å². The lowest BCUT2D eigenvalue weighted by molar-refractivity contribution is -0.161. The van der Waals surface area contributed by atoms with E-state index in [1.165, 1.54) is 218 Å². The summed E-state index contributed by atoms with van der Waals surface area (Å²) in [5.74, 6) is 0.269. The minimum atomic E-state index is -4.96. The molecule has 3 N–H and O–H groups in total. The quantitative estimate of drug-likeness (QED) is 0.0222. The van der Waals surface area contributed by atoms with E-state index in [0.717, 1.165) is 108 Å². The normalized spacial score (nSPS) is 14.3. The van der Waals surface area contributed by atoms with E-state index in [-0.39, 0.29) is 25.7 Å². The maximum atomic E-state index is 13.1. The number of carbonyl (C=O) groups excluding carboxylic acids is 4. The smallest absolute Gasteiger partial charge is 0.462 e. The van der Waals surface area contributed by atoms with Crippen LogP contribution in [0.4, 0.5) is 0 Å². The lowest BCUT2D eigenvalue weighted by Gasteiger charge is -2.21. The summed E-state index contributed by atoms with van der Waals surface area (Å²) in [4.78, 5) is 72.9. The monoisotopic (exact) mass is 1440 g/mol. The highest BCUT2D eigenvalue weighted by Crippen LogP contribution is 2.45. The summed E-state index contributed by atoms with van der Waals surface area (Å²) in [6.45, 7) is 12.0. The van der Waals surface area contributed by atoms with Crippen LogP contribution in [0.1, 0.15) is 408 Å². The van der Waals surface area contributed by atoms with Crippen LogP contribution in [-0.2, 0) is 65.4 Å². The molecule has 0 radical (unpaired) electrons. The number of aliphatic hydroxyl groups excluding tert-OH is 1. The molecule has 0 saturated heterocycles. The molecule has 0 amide bonds. The van der Waals surface area contributed by atoms with Crippen molar-refractivity contribution in [3.63, 3.8) is 0 Å². The SMILES string of the molecule is CCCCCCCCCCCC(=O)OC[C@H](COP(=O)(O)OC[C@H](O)COP(=O)(O)OC[C@@H](COC(=O)CCCCCCCCCCCCCCCCCC(C)C)OC(=O)CCCCCCCCCCCCCCCCCCC(C)C)OC(=O)CCCCCCCCCCC(C)CC. The van der Waals surface area contributed by atoms with Gasteiger partial charge >= 0.3 is 39.5 Å². The van der Waals surface area contributed by atoms with Crippen LogP contribution in [0.3, 0.4) is 0 Å². The van der Waals surface area contributed by atoms with Gasteiger partial charge in [0.1, 0.15) is 19.3 Å². The van der Waals surface area contributed by atoms with Crippen molar-refractivity contribution in [2.24, 2.45) is 17.8 Å². The largest absolute Gasteiger partial charge is 0.472 e. The van der Waals surface area contributed by atoms with Crippen LogP contribution in [0.15, 0.2) is 0 Å². The Labute approximate surface area is 600 Å². The van der Waals surface area contributed by atoms with Crippen LogP contribution >= 0.6 is 15.6 Å². The first-order valence-corrected chi connectivity index (χ1v) is 43.9. The molecule has 3 unspecified atom stereocenters. The molecule has 6 atom stereocenters. The molecule has 19 heteroatoms. The van der Waals surface area contributed by atoms with Crippen molar-refractivity contribution < 1.29 is 80.2 Å². The molecule has 0 spiro atoms. The number of ether oxygens (including phenoxy) is 4. The molecule has 17 nitrogen and oxygen atoms in total. The molecule has 0 bridgehead atoms. The third kappa shape index (κ3) is 71.1. The number of phosphoric acid groups is 2. The molecule has 0 rings (SSSR count). The number of unbranched alkanes of at least 4 members (excludes halogenated alkanes) is 44. The Morgan fingerprint density at radius 2 is 0.520 bits per heavy atom. The van der Waals surface area contributed by atoms with E-state index in [4.69, 9.17) is 37.0 Å². The molecule has 0 aliphatic carbocycles. The van der Waals surface area contributed by atoms with Gasteiger partial charge in [0.2, 0.25) is 0 Å². The zero-order valence-electron chi connectivity index (χ0n) is 64.3. The van der Waals surface area contributed by atoms with E-state index in [1.807, 2.05) is 0 Å². The van der Waals surface area contributed by atoms with Crippen molar-refractivity contribution in [2.45, 2.75) is 426 Å². The van der Waals surface area contributed by atoms with E-state index in [1.54, 1.807) is 0 Å². The molecule has 0 aliphatic rings. The molecule has 0 aromatic carbocycles. The third-order valence-corrected chi connectivity index (χ3v) is 20.6. The highest BCUT2D eigenvalue weighted by Gasteiger charge is 2.30. The Morgan fingerprint density at radius 1 is 0.296 bits per heavy atom. The number of esters is 4. The van der Waals surface area contributed by atoms with Crippen LogP contribution in [-0.4, -0.2) is 96.7 Å². The molecule has 0 heterocycles. The fraction of sp³-hybridized carbons (Fsp3) is 0.949. The lowest BCUT2D eigenvalue weighted by Crippen LogP contribution is -2.30. The van der Waals surface area contributed by atoms with Crippen LogP contribution in [0.5, 0.6) is 0 Å². The van der Waals surface area contributed by atoms with Gasteiger partial charge in [0.15, 0.2) is 12.2 Å². The zero-order chi connectivity index (χ0) is 72.3. The van der Waals surface area contributed by atoms with Gasteiger partial charge in [0.25, 0.3) is 0 Å². The summed E-state index contributed by atoms with van der Waals surface area (Å²) < 4.78 is 68.6. The lowest BCUT2D eigenvalue weighted by atomic mass is 9.99. The summed E-state index contributed by atoms with van der Waals surface area (Å²) >= 11 is 0. The van der Waals surface area contributed by atoms with Crippen molar-refractivity contribution in [3.05, 3.63) is 0 Å². The fourth-order valence-electron chi connectivity index (χ4n) is 12.1. The summed E-state index contributed by atoms with van der Waals surface area (Å²) in [5, 5.41) is 10.6. The summed E-state index contributed by atoms with van der Waals surface area (Å²) in [6.07, 6.45) is 56.9. The minimum Gasteiger partial charge on any atom is -0.462 e. The number of carbonyl (C=O) groups is 4. The molecule has 0 fully saturated rings. The first kappa shape index (κ1) is 96.1.